The molecule has 0 saturated carbocycles. The van der Waals surface area contributed by atoms with Gasteiger partial charge in [0.2, 0.25) is 0 Å². The summed E-state index contributed by atoms with van der Waals surface area (Å²) in [5.41, 5.74) is 8.22. The smallest absolute Gasteiger partial charge is 0.316 e. The zero-order chi connectivity index (χ0) is 19.5. The summed E-state index contributed by atoms with van der Waals surface area (Å²) in [7, 11) is 1.44. The molecule has 1 atom stereocenters. The number of carbonyl (C=O) groups is 2. The number of nitrogens with two attached hydrogens (primary N) is 1. The van der Waals surface area contributed by atoms with Gasteiger partial charge in [-0.25, -0.2) is 4.79 Å². The van der Waals surface area contributed by atoms with Crippen LogP contribution in [0, 0.1) is 5.41 Å². The number of urea groups is 1. The van der Waals surface area contributed by atoms with Crippen LogP contribution < -0.4 is 15.8 Å². The van der Waals surface area contributed by atoms with E-state index in [-0.39, 0.29) is 0 Å². The molecule has 1 aromatic rings. The van der Waals surface area contributed by atoms with Gasteiger partial charge < -0.3 is 20.9 Å². The van der Waals surface area contributed by atoms with Crippen LogP contribution in [0.2, 0.25) is 0 Å². The van der Waals surface area contributed by atoms with Gasteiger partial charge in [0.05, 0.1) is 18.7 Å². The molecule has 0 saturated heterocycles. The highest BCUT2D eigenvalue weighted by Gasteiger charge is 2.35. The predicted molar refractivity (Wildman–Crippen MR) is 101 cm³/mol. The summed E-state index contributed by atoms with van der Waals surface area (Å²) in [6, 6.07) is 12.7. The molecule has 4 N–H and O–H groups in total. The van der Waals surface area contributed by atoms with Crippen molar-refractivity contribution in [1.82, 2.24) is 0 Å². The van der Waals surface area contributed by atoms with E-state index in [0.29, 0.717) is 17.0 Å². The molecule has 0 radical (unpaired) electrons. The van der Waals surface area contributed by atoms with Gasteiger partial charge in [0.25, 0.3) is 0 Å². The van der Waals surface area contributed by atoms with Crippen molar-refractivity contribution in [3.8, 4) is 16.9 Å². The summed E-state index contributed by atoms with van der Waals surface area (Å²) in [6.45, 7) is 5.46. The van der Waals surface area contributed by atoms with Gasteiger partial charge in [0, 0.05) is 0 Å². The van der Waals surface area contributed by atoms with Gasteiger partial charge in [-0.1, -0.05) is 57.2 Å². The molecule has 2 amide bonds. The number of rotatable bonds is 4. The number of amides is 2. The Bertz CT molecular complexity index is 787. The first-order chi connectivity index (χ1) is 12.1. The van der Waals surface area contributed by atoms with Crippen molar-refractivity contribution < 1.29 is 19.4 Å². The molecule has 0 bridgehead atoms. The second-order valence-electron chi connectivity index (χ2n) is 7.13. The lowest BCUT2D eigenvalue weighted by Crippen LogP contribution is -2.28. The van der Waals surface area contributed by atoms with Crippen molar-refractivity contribution in [3.05, 3.63) is 48.0 Å². The van der Waals surface area contributed by atoms with Crippen LogP contribution >= 0.6 is 0 Å². The minimum atomic E-state index is -0.974. The Balaban J connectivity index is 0.000000331. The SMILES string of the molecule is COc1cccc(C(C(=O)O)C(C)(C)C)c1NC(N)=O.c1cc2ccc1-2. The molecule has 1 unspecified atom stereocenters. The summed E-state index contributed by atoms with van der Waals surface area (Å²) in [6.07, 6.45) is 0. The molecule has 6 nitrogen and oxygen atoms in total. The Labute approximate surface area is 153 Å². The van der Waals surface area contributed by atoms with Gasteiger partial charge in [0.15, 0.2) is 0 Å². The summed E-state index contributed by atoms with van der Waals surface area (Å²) in [4.78, 5) is 22.7. The van der Waals surface area contributed by atoms with E-state index in [1.165, 1.54) is 18.2 Å². The van der Waals surface area contributed by atoms with E-state index in [1.54, 1.807) is 18.2 Å². The second-order valence-corrected chi connectivity index (χ2v) is 7.13. The number of methoxy groups -OCH3 is 1. The highest BCUT2D eigenvalue weighted by atomic mass is 16.5. The molecular formula is C20H24N2O4. The number of benzene rings is 2. The molecular weight excluding hydrogens is 332 g/mol. The van der Waals surface area contributed by atoms with Crippen LogP contribution in [0.3, 0.4) is 0 Å². The van der Waals surface area contributed by atoms with Crippen molar-refractivity contribution in [2.24, 2.45) is 11.1 Å². The van der Waals surface area contributed by atoms with E-state index >= 15 is 0 Å². The summed E-state index contributed by atoms with van der Waals surface area (Å²) in [5.74, 6) is -1.41. The van der Waals surface area contributed by atoms with Gasteiger partial charge in [0.1, 0.15) is 5.75 Å². The lowest BCUT2D eigenvalue weighted by molar-refractivity contribution is -0.141. The van der Waals surface area contributed by atoms with E-state index in [9.17, 15) is 14.7 Å². The van der Waals surface area contributed by atoms with E-state index < -0.39 is 23.3 Å². The predicted octanol–water partition coefficient (Wildman–Crippen LogP) is 4.07. The van der Waals surface area contributed by atoms with Gasteiger partial charge in [-0.05, 0) is 28.2 Å². The zero-order valence-electron chi connectivity index (χ0n) is 15.4. The first kappa shape index (κ1) is 19.3. The van der Waals surface area contributed by atoms with Crippen LogP contribution in [-0.4, -0.2) is 24.2 Å². The maximum atomic E-state index is 11.6. The highest BCUT2D eigenvalue weighted by molar-refractivity contribution is 5.93. The fraction of sp³-hybridized carbons (Fsp3) is 0.300. The number of hydrogen-bond acceptors (Lipinski definition) is 3. The number of hydrogen-bond donors (Lipinski definition) is 3. The molecule has 26 heavy (non-hydrogen) atoms. The topological polar surface area (TPSA) is 102 Å². The van der Waals surface area contributed by atoms with Crippen molar-refractivity contribution >= 4 is 17.7 Å². The minimum absolute atomic E-state index is 0.296. The minimum Gasteiger partial charge on any atom is -0.495 e. The van der Waals surface area contributed by atoms with Crippen molar-refractivity contribution in [2.45, 2.75) is 26.7 Å². The van der Waals surface area contributed by atoms with E-state index in [2.05, 4.69) is 29.6 Å². The number of ether oxygens (including phenoxy) is 1. The number of aliphatic carboxylic acids is 1. The van der Waals surface area contributed by atoms with Crippen molar-refractivity contribution in [3.63, 3.8) is 0 Å². The monoisotopic (exact) mass is 356 g/mol. The number of carboxylic acids is 1. The standard InChI is InChI=1S/C14H20N2O4.C6H4/c1-14(2,3)10(12(17)18)8-6-5-7-9(20-4)11(8)16-13(15)19;1-2-6-4-3-5(1)6/h5-7,10H,1-4H3,(H,17,18)(H3,15,16,19);1-4H. The molecule has 2 aliphatic carbocycles. The summed E-state index contributed by atoms with van der Waals surface area (Å²) in [5, 5.41) is 12.0. The number of fused-ring (bicyclic) bond motifs is 1. The largest absolute Gasteiger partial charge is 0.495 e. The molecule has 1 aromatic carbocycles. The van der Waals surface area contributed by atoms with Crippen molar-refractivity contribution in [2.75, 3.05) is 12.4 Å². The van der Waals surface area contributed by atoms with Crippen LogP contribution in [0.25, 0.3) is 11.1 Å². The molecule has 0 aliphatic heterocycles. The number of carbonyl (C=O) groups excluding carboxylic acids is 1. The van der Waals surface area contributed by atoms with E-state index in [4.69, 9.17) is 10.5 Å². The number of primary amides is 1. The average molecular weight is 356 g/mol. The van der Waals surface area contributed by atoms with Gasteiger partial charge in [-0.15, -0.1) is 0 Å². The Morgan fingerprint density at radius 3 is 1.92 bits per heavy atom. The summed E-state index contributed by atoms with van der Waals surface area (Å²) < 4.78 is 5.17. The first-order valence-electron chi connectivity index (χ1n) is 8.21. The third-order valence-electron chi connectivity index (χ3n) is 4.17. The van der Waals surface area contributed by atoms with Crippen LogP contribution in [0.15, 0.2) is 42.5 Å². The lowest BCUT2D eigenvalue weighted by Gasteiger charge is -2.29. The van der Waals surface area contributed by atoms with Crippen LogP contribution in [0.1, 0.15) is 32.3 Å². The molecule has 6 heteroatoms. The maximum absolute atomic E-state index is 11.6. The third kappa shape index (κ3) is 4.14. The van der Waals surface area contributed by atoms with Gasteiger partial charge >= 0.3 is 12.0 Å². The van der Waals surface area contributed by atoms with Crippen LogP contribution in [-0.2, 0) is 4.79 Å². The Hall–Kier alpha value is -3.02. The Morgan fingerprint density at radius 2 is 1.62 bits per heavy atom. The molecule has 0 fully saturated rings. The first-order valence-corrected chi connectivity index (χ1v) is 8.21. The maximum Gasteiger partial charge on any atom is 0.316 e. The average Bonchev–Trinajstić information content (AvgIpc) is 2.51. The second kappa shape index (κ2) is 7.47. The number of anilines is 1. The molecule has 3 rings (SSSR count). The van der Waals surface area contributed by atoms with E-state index in [0.717, 1.165) is 0 Å². The quantitative estimate of drug-likeness (QED) is 0.656. The van der Waals surface area contributed by atoms with Crippen LogP contribution in [0.5, 0.6) is 5.75 Å². The number of para-hydroxylation sites is 1. The third-order valence-corrected chi connectivity index (χ3v) is 4.17. The van der Waals surface area contributed by atoms with Gasteiger partial charge in [-0.2, -0.15) is 0 Å². The highest BCUT2D eigenvalue weighted by Crippen LogP contribution is 2.42. The summed E-state index contributed by atoms with van der Waals surface area (Å²) >= 11 is 0. The fourth-order valence-corrected chi connectivity index (χ4v) is 2.85. The Kier molecular flexibility index (Phi) is 5.55. The van der Waals surface area contributed by atoms with Crippen molar-refractivity contribution in [1.29, 1.82) is 0 Å². The molecule has 0 heterocycles. The fourth-order valence-electron chi connectivity index (χ4n) is 2.85. The molecule has 2 aliphatic rings. The molecule has 138 valence electrons. The molecule has 0 spiro atoms. The van der Waals surface area contributed by atoms with E-state index in [1.807, 2.05) is 20.8 Å². The lowest BCUT2D eigenvalue weighted by atomic mass is 9.76. The molecule has 0 aromatic heterocycles. The number of nitrogens with one attached hydrogen (secondary N) is 1. The number of carboxylic acid groups (broad SMARTS) is 1. The zero-order valence-corrected chi connectivity index (χ0v) is 15.4. The van der Waals surface area contributed by atoms with Gasteiger partial charge in [-0.3, -0.25) is 4.79 Å². The van der Waals surface area contributed by atoms with Crippen LogP contribution in [0.4, 0.5) is 10.5 Å². The Morgan fingerprint density at radius 1 is 1.08 bits per heavy atom. The normalized spacial score (nSPS) is 12.3.